The molecule has 10 N–H and O–H groups in total. The van der Waals surface area contributed by atoms with Gasteiger partial charge in [0.25, 0.3) is 5.91 Å². The van der Waals surface area contributed by atoms with Crippen LogP contribution in [0.25, 0.3) is 10.9 Å². The summed E-state index contributed by atoms with van der Waals surface area (Å²) in [5.41, 5.74) is 27.0. The molecule has 11 nitrogen and oxygen atoms in total. The van der Waals surface area contributed by atoms with Crippen LogP contribution in [0, 0.1) is 0 Å². The van der Waals surface area contributed by atoms with E-state index in [2.05, 4.69) is 15.7 Å². The standard InChI is InChI=1S/C30H39F3N8O3/c31-30(32,33)23-7-5-20(6-8-23)16-26(27(42)17-21-15-22-3-1-2-4-25(22)38-19-21)39-29(44)24(37)18-28(43)40-41(12-9-34,13-10-35)14-11-36/h1-8,15,19,24,26H,9-14,16-18,34-37H2,(H-,39,40,43,44)/p+1/t24-,26-/m0/s1. The number of nitrogens with zero attached hydrogens (tertiary/aromatic N) is 2. The number of aromatic nitrogens is 1. The molecule has 44 heavy (non-hydrogen) atoms. The zero-order valence-electron chi connectivity index (χ0n) is 24.4. The number of halogens is 3. The lowest BCUT2D eigenvalue weighted by Gasteiger charge is -2.37. The second-order valence-corrected chi connectivity index (χ2v) is 10.7. The third kappa shape index (κ3) is 9.79. The number of rotatable bonds is 16. The summed E-state index contributed by atoms with van der Waals surface area (Å²) in [5, 5.41) is 3.43. The summed E-state index contributed by atoms with van der Waals surface area (Å²) >= 11 is 0. The first kappa shape index (κ1) is 34.5. The predicted molar refractivity (Wildman–Crippen MR) is 160 cm³/mol. The first-order chi connectivity index (χ1) is 20.9. The molecule has 0 saturated carbocycles. The fourth-order valence-electron chi connectivity index (χ4n) is 4.97. The molecule has 0 spiro atoms. The number of fused-ring (bicyclic) bond motifs is 1. The minimum atomic E-state index is -4.52. The Morgan fingerprint density at radius 2 is 1.50 bits per heavy atom. The monoisotopic (exact) mass is 617 g/mol. The average Bonchev–Trinajstić information content (AvgIpc) is 2.96. The summed E-state index contributed by atoms with van der Waals surface area (Å²) in [5.74, 6) is -1.70. The highest BCUT2D eigenvalue weighted by Gasteiger charge is 2.32. The summed E-state index contributed by atoms with van der Waals surface area (Å²) < 4.78 is 39.3. The van der Waals surface area contributed by atoms with Crippen molar-refractivity contribution >= 4 is 28.5 Å². The van der Waals surface area contributed by atoms with Crippen molar-refractivity contribution in [3.63, 3.8) is 0 Å². The van der Waals surface area contributed by atoms with E-state index in [-0.39, 0.29) is 37.1 Å². The number of para-hydroxylation sites is 1. The van der Waals surface area contributed by atoms with Gasteiger partial charge in [0.1, 0.15) is 19.6 Å². The minimum Gasteiger partial charge on any atom is -0.345 e. The van der Waals surface area contributed by atoms with E-state index >= 15 is 0 Å². The van der Waals surface area contributed by atoms with E-state index in [0.29, 0.717) is 30.8 Å². The number of hydrogen-bond acceptors (Lipinski definition) is 8. The zero-order valence-corrected chi connectivity index (χ0v) is 24.4. The molecule has 0 unspecified atom stereocenters. The average molecular weight is 618 g/mol. The summed E-state index contributed by atoms with van der Waals surface area (Å²) in [7, 11) is 0. The van der Waals surface area contributed by atoms with Crippen LogP contribution in [0.2, 0.25) is 0 Å². The first-order valence-corrected chi connectivity index (χ1v) is 14.3. The van der Waals surface area contributed by atoms with Gasteiger partial charge in [-0.2, -0.15) is 13.2 Å². The van der Waals surface area contributed by atoms with E-state index in [4.69, 9.17) is 22.9 Å². The van der Waals surface area contributed by atoms with Gasteiger partial charge in [-0.25, -0.2) is 10.0 Å². The highest BCUT2D eigenvalue weighted by Crippen LogP contribution is 2.29. The minimum absolute atomic E-state index is 0.0332. The zero-order chi connectivity index (χ0) is 32.3. The molecule has 0 aliphatic heterocycles. The van der Waals surface area contributed by atoms with Crippen LogP contribution in [-0.4, -0.2) is 78.5 Å². The molecule has 0 bridgehead atoms. The van der Waals surface area contributed by atoms with Gasteiger partial charge < -0.3 is 28.3 Å². The number of pyridine rings is 1. The molecule has 3 aromatic rings. The van der Waals surface area contributed by atoms with Crippen molar-refractivity contribution in [1.29, 1.82) is 0 Å². The molecule has 238 valence electrons. The topological polar surface area (TPSA) is 192 Å². The maximum Gasteiger partial charge on any atom is 0.416 e. The molecule has 1 heterocycles. The fourth-order valence-corrected chi connectivity index (χ4v) is 4.97. The van der Waals surface area contributed by atoms with Crippen LogP contribution in [0.4, 0.5) is 13.2 Å². The van der Waals surface area contributed by atoms with Gasteiger partial charge in [0, 0.05) is 37.6 Å². The lowest BCUT2D eigenvalue weighted by atomic mass is 9.96. The largest absolute Gasteiger partial charge is 0.416 e. The molecule has 0 aliphatic carbocycles. The molecule has 2 atom stereocenters. The summed E-state index contributed by atoms with van der Waals surface area (Å²) in [6, 6.07) is 11.0. The van der Waals surface area contributed by atoms with Crippen molar-refractivity contribution < 1.29 is 32.1 Å². The van der Waals surface area contributed by atoms with Crippen molar-refractivity contribution in [2.75, 3.05) is 39.3 Å². The summed E-state index contributed by atoms with van der Waals surface area (Å²) in [6.45, 7) is 1.88. The summed E-state index contributed by atoms with van der Waals surface area (Å²) in [4.78, 5) is 43.9. The number of ketones is 1. The second-order valence-electron chi connectivity index (χ2n) is 10.7. The van der Waals surface area contributed by atoms with Crippen molar-refractivity contribution in [2.24, 2.45) is 22.9 Å². The molecule has 3 rings (SSSR count). The van der Waals surface area contributed by atoms with E-state index in [1.807, 2.05) is 30.3 Å². The Kier molecular flexibility index (Phi) is 12.3. The van der Waals surface area contributed by atoms with Gasteiger partial charge in [-0.15, -0.1) is 0 Å². The maximum atomic E-state index is 13.5. The molecular weight excluding hydrogens is 577 g/mol. The molecular formula is C30H40F3N8O3+. The van der Waals surface area contributed by atoms with E-state index in [0.717, 1.165) is 23.0 Å². The van der Waals surface area contributed by atoms with E-state index in [9.17, 15) is 27.6 Å². The quantitative estimate of drug-likeness (QED) is 0.0990. The Morgan fingerprint density at radius 1 is 0.886 bits per heavy atom. The highest BCUT2D eigenvalue weighted by atomic mass is 19.4. The number of quaternary nitrogens is 1. The van der Waals surface area contributed by atoms with Crippen LogP contribution in [0.1, 0.15) is 23.1 Å². The molecule has 14 heteroatoms. The van der Waals surface area contributed by atoms with Crippen molar-refractivity contribution in [2.45, 2.75) is 37.5 Å². The summed E-state index contributed by atoms with van der Waals surface area (Å²) in [6.07, 6.45) is -3.56. The number of nitrogens with one attached hydrogen (secondary N) is 2. The number of alkyl halides is 3. The Hall–Kier alpha value is -3.95. The van der Waals surface area contributed by atoms with Crippen LogP contribution in [0.15, 0.2) is 60.8 Å². The number of nitrogens with two attached hydrogens (primary N) is 4. The van der Waals surface area contributed by atoms with Gasteiger partial charge in [0.05, 0.1) is 29.6 Å². The van der Waals surface area contributed by atoms with E-state index < -0.39 is 47.8 Å². The number of benzene rings is 2. The molecule has 2 aromatic carbocycles. The SMILES string of the molecule is NCC[N+](CCN)(CCN)NC(=O)C[C@H](N)C(=O)N[C@@H](Cc1ccc(C(F)(F)F)cc1)C(=O)Cc1cnc2ccccc2c1. The van der Waals surface area contributed by atoms with Gasteiger partial charge in [0.15, 0.2) is 5.78 Å². The van der Waals surface area contributed by atoms with Crippen molar-refractivity contribution in [1.82, 2.24) is 15.7 Å². The first-order valence-electron chi connectivity index (χ1n) is 14.3. The Morgan fingerprint density at radius 3 is 2.09 bits per heavy atom. The third-order valence-corrected chi connectivity index (χ3v) is 7.23. The second kappa shape index (κ2) is 15.7. The Balaban J connectivity index is 1.76. The van der Waals surface area contributed by atoms with E-state index in [1.54, 1.807) is 6.20 Å². The van der Waals surface area contributed by atoms with Gasteiger partial charge in [0.2, 0.25) is 5.91 Å². The number of carbonyl (C=O) groups is 3. The van der Waals surface area contributed by atoms with Crippen molar-refractivity contribution in [3.05, 3.63) is 77.5 Å². The maximum absolute atomic E-state index is 13.5. The van der Waals surface area contributed by atoms with Crippen LogP contribution in [0.3, 0.4) is 0 Å². The van der Waals surface area contributed by atoms with Crippen LogP contribution in [-0.2, 0) is 33.4 Å². The molecule has 0 aliphatic rings. The fraction of sp³-hybridized carbons (Fsp3) is 0.400. The lowest BCUT2D eigenvalue weighted by Crippen LogP contribution is -2.65. The number of carbonyl (C=O) groups excluding carboxylic acids is 3. The van der Waals surface area contributed by atoms with Gasteiger partial charge in [-0.3, -0.25) is 19.4 Å². The number of Topliss-reactive ketones (excluding diaryl/α,β-unsaturated/α-hetero) is 1. The molecule has 0 fully saturated rings. The smallest absolute Gasteiger partial charge is 0.345 e. The van der Waals surface area contributed by atoms with Gasteiger partial charge in [-0.05, 0) is 41.8 Å². The molecule has 0 radical (unpaired) electrons. The molecule has 0 saturated heterocycles. The Labute approximate surface area is 253 Å². The van der Waals surface area contributed by atoms with Crippen LogP contribution < -0.4 is 33.7 Å². The predicted octanol–water partition coefficient (Wildman–Crippen LogP) is 0.534. The Bertz CT molecular complexity index is 1400. The number of hydrogen-bond donors (Lipinski definition) is 6. The third-order valence-electron chi connectivity index (χ3n) is 7.23. The normalized spacial score (nSPS) is 13.3. The highest BCUT2D eigenvalue weighted by molar-refractivity contribution is 5.94. The van der Waals surface area contributed by atoms with Crippen LogP contribution in [0.5, 0.6) is 0 Å². The van der Waals surface area contributed by atoms with Crippen molar-refractivity contribution in [3.8, 4) is 0 Å². The number of amides is 2. The van der Waals surface area contributed by atoms with E-state index in [1.165, 1.54) is 12.1 Å². The molecule has 2 amide bonds. The van der Waals surface area contributed by atoms with Gasteiger partial charge >= 0.3 is 6.18 Å². The van der Waals surface area contributed by atoms with Crippen LogP contribution >= 0.6 is 0 Å². The van der Waals surface area contributed by atoms with Gasteiger partial charge in [-0.1, -0.05) is 30.3 Å². The lowest BCUT2D eigenvalue weighted by molar-refractivity contribution is -0.957. The molecule has 1 aromatic heterocycles.